The third-order valence-corrected chi connectivity index (χ3v) is 3.11. The molecule has 2 heteroatoms. The van der Waals surface area contributed by atoms with Crippen molar-refractivity contribution < 1.29 is 0 Å². The van der Waals surface area contributed by atoms with Crippen molar-refractivity contribution >= 4 is 0 Å². The zero-order valence-corrected chi connectivity index (χ0v) is 9.72. The summed E-state index contributed by atoms with van der Waals surface area (Å²) < 4.78 is 0. The molecule has 1 unspecified atom stereocenters. The Morgan fingerprint density at radius 3 is 2.54 bits per heavy atom. The second-order valence-corrected chi connectivity index (χ2v) is 5.40. The fourth-order valence-corrected chi connectivity index (χ4v) is 1.90. The number of likely N-dealkylation sites (N-methyl/N-ethyl adjacent to an activating group) is 1. The second-order valence-electron chi connectivity index (χ2n) is 5.40. The molecule has 1 atom stereocenters. The molecule has 78 valence electrons. The van der Waals surface area contributed by atoms with Gasteiger partial charge in [-0.1, -0.05) is 13.8 Å². The summed E-state index contributed by atoms with van der Waals surface area (Å²) >= 11 is 0. The third kappa shape index (κ3) is 2.96. The van der Waals surface area contributed by atoms with Crippen molar-refractivity contribution in [1.82, 2.24) is 10.2 Å². The molecule has 0 saturated carbocycles. The van der Waals surface area contributed by atoms with Crippen molar-refractivity contribution in [3.05, 3.63) is 0 Å². The molecule has 1 aliphatic heterocycles. The lowest BCUT2D eigenvalue weighted by atomic mass is 9.94. The number of nitrogens with one attached hydrogen (secondary N) is 1. The molecule has 1 saturated heterocycles. The summed E-state index contributed by atoms with van der Waals surface area (Å²) in [6.07, 6.45) is 1.29. The highest BCUT2D eigenvalue weighted by Crippen LogP contribution is 2.18. The van der Waals surface area contributed by atoms with Crippen molar-refractivity contribution in [3.63, 3.8) is 0 Å². The van der Waals surface area contributed by atoms with E-state index in [4.69, 9.17) is 0 Å². The van der Waals surface area contributed by atoms with Crippen LogP contribution in [0.3, 0.4) is 0 Å². The number of hydrogen-bond donors (Lipinski definition) is 1. The molecular weight excluding hydrogens is 160 g/mol. The predicted octanol–water partition coefficient (Wildman–Crippen LogP) is 1.71. The van der Waals surface area contributed by atoms with Crippen LogP contribution in [0.2, 0.25) is 0 Å². The van der Waals surface area contributed by atoms with Gasteiger partial charge in [-0.15, -0.1) is 0 Å². The summed E-state index contributed by atoms with van der Waals surface area (Å²) in [5, 5.41) is 3.63. The Labute approximate surface area is 82.7 Å². The fraction of sp³-hybridized carbons (Fsp3) is 1.00. The quantitative estimate of drug-likeness (QED) is 0.703. The molecule has 0 radical (unpaired) electrons. The Morgan fingerprint density at radius 2 is 2.08 bits per heavy atom. The van der Waals surface area contributed by atoms with Crippen LogP contribution in [0.25, 0.3) is 0 Å². The Kier molecular flexibility index (Phi) is 3.36. The SMILES string of the molecule is CC(C)CC1CN(C)C(C)(C)CN1. The first-order valence-corrected chi connectivity index (χ1v) is 5.36. The largest absolute Gasteiger partial charge is 0.311 e. The first-order chi connectivity index (χ1) is 5.92. The Bertz CT molecular complexity index is 163. The Balaban J connectivity index is 2.42. The van der Waals surface area contributed by atoms with Crippen LogP contribution in [0.4, 0.5) is 0 Å². The summed E-state index contributed by atoms with van der Waals surface area (Å²) in [6, 6.07) is 0.693. The zero-order chi connectivity index (χ0) is 10.1. The lowest BCUT2D eigenvalue weighted by Crippen LogP contribution is -2.60. The Morgan fingerprint density at radius 1 is 1.46 bits per heavy atom. The maximum Gasteiger partial charge on any atom is 0.0275 e. The minimum atomic E-state index is 0.327. The average Bonchev–Trinajstić information content (AvgIpc) is 1.97. The maximum atomic E-state index is 3.63. The molecule has 0 amide bonds. The van der Waals surface area contributed by atoms with E-state index in [1.54, 1.807) is 0 Å². The van der Waals surface area contributed by atoms with Gasteiger partial charge in [-0.2, -0.15) is 0 Å². The van der Waals surface area contributed by atoms with Gasteiger partial charge in [0.15, 0.2) is 0 Å². The highest BCUT2D eigenvalue weighted by Gasteiger charge is 2.30. The summed E-state index contributed by atoms with van der Waals surface area (Å²) in [5.74, 6) is 0.798. The first kappa shape index (κ1) is 11.0. The molecule has 2 nitrogen and oxygen atoms in total. The van der Waals surface area contributed by atoms with Crippen LogP contribution in [-0.2, 0) is 0 Å². The standard InChI is InChI=1S/C11H24N2/c1-9(2)6-10-7-13(5)11(3,4)8-12-10/h9-10,12H,6-8H2,1-5H3. The van der Waals surface area contributed by atoms with E-state index in [0.717, 1.165) is 12.5 Å². The maximum absolute atomic E-state index is 3.63. The zero-order valence-electron chi connectivity index (χ0n) is 9.72. The molecule has 1 aliphatic rings. The van der Waals surface area contributed by atoms with Crippen molar-refractivity contribution in [1.29, 1.82) is 0 Å². The number of piperazine rings is 1. The van der Waals surface area contributed by atoms with Gasteiger partial charge >= 0.3 is 0 Å². The van der Waals surface area contributed by atoms with E-state index >= 15 is 0 Å². The number of hydrogen-bond acceptors (Lipinski definition) is 2. The van der Waals surface area contributed by atoms with Crippen LogP contribution in [0.15, 0.2) is 0 Å². The molecular formula is C11H24N2. The molecule has 0 aromatic carbocycles. The van der Waals surface area contributed by atoms with Crippen LogP contribution >= 0.6 is 0 Å². The van der Waals surface area contributed by atoms with E-state index in [1.165, 1.54) is 13.0 Å². The molecule has 0 bridgehead atoms. The van der Waals surface area contributed by atoms with Crippen LogP contribution in [0, 0.1) is 5.92 Å². The molecule has 1 N–H and O–H groups in total. The smallest absolute Gasteiger partial charge is 0.0275 e. The summed E-state index contributed by atoms with van der Waals surface area (Å²) in [6.45, 7) is 11.5. The highest BCUT2D eigenvalue weighted by atomic mass is 15.2. The van der Waals surface area contributed by atoms with Gasteiger partial charge in [-0.3, -0.25) is 4.90 Å². The van der Waals surface area contributed by atoms with Crippen molar-refractivity contribution in [3.8, 4) is 0 Å². The van der Waals surface area contributed by atoms with Crippen LogP contribution in [-0.4, -0.2) is 36.6 Å². The van der Waals surface area contributed by atoms with Crippen LogP contribution in [0.5, 0.6) is 0 Å². The van der Waals surface area contributed by atoms with Gasteiger partial charge in [0.1, 0.15) is 0 Å². The lowest BCUT2D eigenvalue weighted by Gasteiger charge is -2.44. The summed E-state index contributed by atoms with van der Waals surface area (Å²) in [5.41, 5.74) is 0.327. The molecule has 0 aliphatic carbocycles. The van der Waals surface area contributed by atoms with Gasteiger partial charge in [-0.05, 0) is 33.2 Å². The predicted molar refractivity (Wildman–Crippen MR) is 58.0 cm³/mol. The molecule has 1 rings (SSSR count). The minimum absolute atomic E-state index is 0.327. The van der Waals surface area contributed by atoms with Gasteiger partial charge in [0.2, 0.25) is 0 Å². The molecule has 1 heterocycles. The number of nitrogens with zero attached hydrogens (tertiary/aromatic N) is 1. The van der Waals surface area contributed by atoms with Crippen LogP contribution in [0.1, 0.15) is 34.1 Å². The molecule has 0 aromatic rings. The van der Waals surface area contributed by atoms with E-state index in [-0.39, 0.29) is 0 Å². The van der Waals surface area contributed by atoms with E-state index in [2.05, 4.69) is 45.0 Å². The van der Waals surface area contributed by atoms with E-state index in [0.29, 0.717) is 11.6 Å². The van der Waals surface area contributed by atoms with Crippen LogP contribution < -0.4 is 5.32 Å². The van der Waals surface area contributed by atoms with Gasteiger partial charge in [0, 0.05) is 24.7 Å². The highest BCUT2D eigenvalue weighted by molar-refractivity contribution is 4.91. The Hall–Kier alpha value is -0.0800. The molecule has 0 aromatic heterocycles. The topological polar surface area (TPSA) is 15.3 Å². The van der Waals surface area contributed by atoms with Crippen molar-refractivity contribution in [2.24, 2.45) is 5.92 Å². The third-order valence-electron chi connectivity index (χ3n) is 3.11. The van der Waals surface area contributed by atoms with Gasteiger partial charge in [0.05, 0.1) is 0 Å². The monoisotopic (exact) mass is 184 g/mol. The minimum Gasteiger partial charge on any atom is -0.311 e. The molecule has 1 fully saturated rings. The normalized spacial score (nSPS) is 29.5. The average molecular weight is 184 g/mol. The number of rotatable bonds is 2. The van der Waals surface area contributed by atoms with Gasteiger partial charge in [0.25, 0.3) is 0 Å². The van der Waals surface area contributed by atoms with Gasteiger partial charge in [-0.25, -0.2) is 0 Å². The first-order valence-electron chi connectivity index (χ1n) is 5.36. The van der Waals surface area contributed by atoms with E-state index in [1.807, 2.05) is 0 Å². The molecule has 13 heavy (non-hydrogen) atoms. The van der Waals surface area contributed by atoms with Gasteiger partial charge < -0.3 is 5.32 Å². The van der Waals surface area contributed by atoms with Crippen molar-refractivity contribution in [2.75, 3.05) is 20.1 Å². The summed E-state index contributed by atoms with van der Waals surface area (Å²) in [4.78, 5) is 2.47. The second kappa shape index (κ2) is 3.97. The molecule has 0 spiro atoms. The van der Waals surface area contributed by atoms with E-state index < -0.39 is 0 Å². The fourth-order valence-electron chi connectivity index (χ4n) is 1.90. The van der Waals surface area contributed by atoms with Crippen molar-refractivity contribution in [2.45, 2.75) is 45.7 Å². The lowest BCUT2D eigenvalue weighted by molar-refractivity contribution is 0.0881. The summed E-state index contributed by atoms with van der Waals surface area (Å²) in [7, 11) is 2.23. The van der Waals surface area contributed by atoms with E-state index in [9.17, 15) is 0 Å².